The predicted molar refractivity (Wildman–Crippen MR) is 67.5 cm³/mol. The zero-order valence-corrected chi connectivity index (χ0v) is 10.5. The number of allylic oxidation sites excluding steroid dienone is 2. The van der Waals surface area contributed by atoms with E-state index in [1.54, 1.807) is 0 Å². The summed E-state index contributed by atoms with van der Waals surface area (Å²) in [6.45, 7) is 1.32. The molecule has 0 amide bonds. The molecule has 96 valence electrons. The van der Waals surface area contributed by atoms with Crippen LogP contribution in [-0.4, -0.2) is 18.9 Å². The van der Waals surface area contributed by atoms with Crippen molar-refractivity contribution < 1.29 is 9.53 Å². The van der Waals surface area contributed by atoms with Crippen LogP contribution in [0.3, 0.4) is 0 Å². The van der Waals surface area contributed by atoms with Gasteiger partial charge in [0.05, 0.1) is 6.61 Å². The summed E-state index contributed by atoms with van der Waals surface area (Å²) in [4.78, 5) is 12.2. The third kappa shape index (κ3) is 3.09. The molecule has 17 heavy (non-hydrogen) atoms. The second-order valence-corrected chi connectivity index (χ2v) is 5.42. The lowest BCUT2D eigenvalue weighted by molar-refractivity contribution is -0.121. The van der Waals surface area contributed by atoms with Crippen molar-refractivity contribution in [2.45, 2.75) is 51.4 Å². The molecule has 1 saturated carbocycles. The molecule has 0 aromatic carbocycles. The molecular formula is C14H23NO2. The number of ketones is 1. The van der Waals surface area contributed by atoms with Crippen LogP contribution in [0.15, 0.2) is 11.8 Å². The van der Waals surface area contributed by atoms with Gasteiger partial charge < -0.3 is 10.5 Å². The van der Waals surface area contributed by atoms with Gasteiger partial charge in [-0.05, 0) is 43.7 Å². The Balaban J connectivity index is 1.97. The van der Waals surface area contributed by atoms with Gasteiger partial charge in [-0.3, -0.25) is 4.79 Å². The Kier molecular flexibility index (Phi) is 4.21. The Morgan fingerprint density at radius 3 is 2.65 bits per heavy atom. The molecule has 1 fully saturated rings. The molecule has 2 rings (SSSR count). The van der Waals surface area contributed by atoms with E-state index >= 15 is 0 Å². The molecule has 3 nitrogen and oxygen atoms in total. The van der Waals surface area contributed by atoms with E-state index in [0.29, 0.717) is 25.3 Å². The quantitative estimate of drug-likeness (QED) is 0.817. The first-order chi connectivity index (χ1) is 8.26. The summed E-state index contributed by atoms with van der Waals surface area (Å²) in [7, 11) is 0. The summed E-state index contributed by atoms with van der Waals surface area (Å²) >= 11 is 0. The van der Waals surface area contributed by atoms with Crippen LogP contribution in [0, 0.1) is 5.41 Å². The molecule has 0 aromatic rings. The van der Waals surface area contributed by atoms with E-state index in [9.17, 15) is 4.79 Å². The molecule has 3 heteroatoms. The van der Waals surface area contributed by atoms with Crippen LogP contribution < -0.4 is 5.73 Å². The third-order valence-corrected chi connectivity index (χ3v) is 4.09. The minimum absolute atomic E-state index is 0.0526. The first-order valence-electron chi connectivity index (χ1n) is 6.82. The smallest absolute Gasteiger partial charge is 0.197 e. The lowest BCUT2D eigenvalue weighted by atomic mass is 9.71. The zero-order valence-electron chi connectivity index (χ0n) is 10.5. The molecule has 2 N–H and O–H groups in total. The highest BCUT2D eigenvalue weighted by Gasteiger charge is 2.34. The molecule has 0 atom stereocenters. The summed E-state index contributed by atoms with van der Waals surface area (Å²) in [6, 6.07) is 0. The second kappa shape index (κ2) is 5.67. The van der Waals surface area contributed by atoms with Crippen molar-refractivity contribution >= 4 is 5.78 Å². The Hall–Kier alpha value is -0.830. The fourth-order valence-electron chi connectivity index (χ4n) is 2.93. The number of carbonyl (C=O) groups is 1. The average Bonchev–Trinajstić information content (AvgIpc) is 2.41. The summed E-state index contributed by atoms with van der Waals surface area (Å²) in [5.41, 5.74) is 5.96. The van der Waals surface area contributed by atoms with Gasteiger partial charge >= 0.3 is 0 Å². The normalized spacial score (nSPS) is 23.7. The fourth-order valence-corrected chi connectivity index (χ4v) is 2.93. The number of carbonyl (C=O) groups excluding carboxylic acids is 1. The molecular weight excluding hydrogens is 214 g/mol. The van der Waals surface area contributed by atoms with Crippen LogP contribution in [0.25, 0.3) is 0 Å². The van der Waals surface area contributed by atoms with Gasteiger partial charge in [-0.25, -0.2) is 0 Å². The van der Waals surface area contributed by atoms with Crippen LogP contribution in [0.2, 0.25) is 0 Å². The lowest BCUT2D eigenvalue weighted by Gasteiger charge is -2.36. The molecule has 0 unspecified atom stereocenters. The number of rotatable bonds is 4. The monoisotopic (exact) mass is 237 g/mol. The van der Waals surface area contributed by atoms with Gasteiger partial charge in [0.15, 0.2) is 11.5 Å². The molecule has 0 saturated heterocycles. The summed E-state index contributed by atoms with van der Waals surface area (Å²) in [5.74, 6) is 0.756. The minimum atomic E-state index is 0.0526. The summed E-state index contributed by atoms with van der Waals surface area (Å²) in [6.07, 6.45) is 10.4. The van der Waals surface area contributed by atoms with Crippen LogP contribution in [0.4, 0.5) is 0 Å². The SMILES string of the molecule is NCC1(CC(=O)C2=CCCCO2)CCCCC1. The van der Waals surface area contributed by atoms with Crippen molar-refractivity contribution in [2.24, 2.45) is 11.1 Å². The minimum Gasteiger partial charge on any atom is -0.490 e. The van der Waals surface area contributed by atoms with Crippen molar-refractivity contribution in [3.05, 3.63) is 11.8 Å². The summed E-state index contributed by atoms with van der Waals surface area (Å²) < 4.78 is 5.44. The van der Waals surface area contributed by atoms with Crippen LogP contribution in [-0.2, 0) is 9.53 Å². The number of hydrogen-bond acceptors (Lipinski definition) is 3. The van der Waals surface area contributed by atoms with Crippen molar-refractivity contribution in [3.63, 3.8) is 0 Å². The van der Waals surface area contributed by atoms with Gasteiger partial charge in [0, 0.05) is 6.42 Å². The Morgan fingerprint density at radius 2 is 2.06 bits per heavy atom. The topological polar surface area (TPSA) is 52.3 Å². The molecule has 0 radical (unpaired) electrons. The van der Waals surface area contributed by atoms with Gasteiger partial charge in [0.2, 0.25) is 0 Å². The van der Waals surface area contributed by atoms with E-state index in [1.165, 1.54) is 19.3 Å². The fraction of sp³-hybridized carbons (Fsp3) is 0.786. The van der Waals surface area contributed by atoms with E-state index in [0.717, 1.165) is 25.7 Å². The van der Waals surface area contributed by atoms with Gasteiger partial charge in [0.1, 0.15) is 0 Å². The lowest BCUT2D eigenvalue weighted by Crippen LogP contribution is -2.35. The Morgan fingerprint density at radius 1 is 1.29 bits per heavy atom. The van der Waals surface area contributed by atoms with Crippen LogP contribution in [0.5, 0.6) is 0 Å². The standard InChI is InChI=1S/C14H23NO2/c15-11-14(7-3-1-4-8-14)10-12(16)13-6-2-5-9-17-13/h6H,1-5,7-11,15H2. The van der Waals surface area contributed by atoms with E-state index in [-0.39, 0.29) is 11.2 Å². The maximum absolute atomic E-state index is 12.2. The maximum atomic E-state index is 12.2. The van der Waals surface area contributed by atoms with Gasteiger partial charge in [-0.1, -0.05) is 19.3 Å². The maximum Gasteiger partial charge on any atom is 0.197 e. The van der Waals surface area contributed by atoms with Crippen molar-refractivity contribution in [1.29, 1.82) is 0 Å². The molecule has 0 bridgehead atoms. The number of hydrogen-bond donors (Lipinski definition) is 1. The van der Waals surface area contributed by atoms with E-state index in [2.05, 4.69) is 0 Å². The molecule has 0 aromatic heterocycles. The Labute approximate surface area is 103 Å². The predicted octanol–water partition coefficient (Wildman–Crippen LogP) is 2.55. The van der Waals surface area contributed by atoms with Crippen molar-refractivity contribution in [1.82, 2.24) is 0 Å². The molecule has 1 heterocycles. The van der Waals surface area contributed by atoms with E-state index < -0.39 is 0 Å². The van der Waals surface area contributed by atoms with Crippen molar-refractivity contribution in [2.75, 3.05) is 13.2 Å². The zero-order chi connectivity index (χ0) is 12.1. The Bertz CT molecular complexity index is 303. The third-order valence-electron chi connectivity index (χ3n) is 4.09. The van der Waals surface area contributed by atoms with Crippen LogP contribution >= 0.6 is 0 Å². The largest absolute Gasteiger partial charge is 0.490 e. The molecule has 1 aliphatic carbocycles. The van der Waals surface area contributed by atoms with E-state index in [1.807, 2.05) is 6.08 Å². The highest BCUT2D eigenvalue weighted by Crippen LogP contribution is 2.39. The number of Topliss-reactive ketones (excluding diaryl/α,β-unsaturated/α-hetero) is 1. The van der Waals surface area contributed by atoms with Gasteiger partial charge in [-0.2, -0.15) is 0 Å². The molecule has 1 aliphatic heterocycles. The second-order valence-electron chi connectivity index (χ2n) is 5.42. The van der Waals surface area contributed by atoms with Crippen molar-refractivity contribution in [3.8, 4) is 0 Å². The molecule has 0 spiro atoms. The van der Waals surface area contributed by atoms with Gasteiger partial charge in [0.25, 0.3) is 0 Å². The first kappa shape index (κ1) is 12.6. The average molecular weight is 237 g/mol. The van der Waals surface area contributed by atoms with Crippen LogP contribution in [0.1, 0.15) is 51.4 Å². The highest BCUT2D eigenvalue weighted by atomic mass is 16.5. The van der Waals surface area contributed by atoms with Gasteiger partial charge in [-0.15, -0.1) is 0 Å². The highest BCUT2D eigenvalue weighted by molar-refractivity contribution is 5.94. The molecule has 2 aliphatic rings. The van der Waals surface area contributed by atoms with E-state index in [4.69, 9.17) is 10.5 Å². The first-order valence-corrected chi connectivity index (χ1v) is 6.82. The number of nitrogens with two attached hydrogens (primary N) is 1. The summed E-state index contributed by atoms with van der Waals surface area (Å²) in [5, 5.41) is 0. The number of ether oxygens (including phenoxy) is 1.